The van der Waals surface area contributed by atoms with E-state index in [1.54, 1.807) is 48.5 Å². The lowest BCUT2D eigenvalue weighted by Crippen LogP contribution is -2.29. The Labute approximate surface area is 349 Å². The molecule has 0 spiro atoms. The van der Waals surface area contributed by atoms with E-state index in [0.29, 0.717) is 36.8 Å². The van der Waals surface area contributed by atoms with Crippen molar-refractivity contribution in [1.82, 2.24) is 19.9 Å². The predicted molar refractivity (Wildman–Crippen MR) is 229 cm³/mol. The molecule has 2 aromatic carbocycles. The van der Waals surface area contributed by atoms with Gasteiger partial charge in [-0.25, -0.2) is 9.59 Å². The molecule has 10 nitrogen and oxygen atoms in total. The van der Waals surface area contributed by atoms with Crippen LogP contribution in [0.3, 0.4) is 0 Å². The van der Waals surface area contributed by atoms with Crippen LogP contribution >= 0.6 is 0 Å². The SMILES string of the molecule is CC1(C)c2ccc([nH]2)C2(C)CCCOC(=O)c3cccc(c3)C(=O)OCCCC(C)(c3ccc1[nH]3)c1cc(C=C3C(=O)c4ccccc4C3=O)c([nH]1)C(C)(C)c1ccc2[nH]1. The standard InChI is InChI=1S/C50H50N4O6/c1-47(2)35-16-19-38(51-35)49(5)22-10-24-59-45(57)29-12-9-13-30(26-29)46(58)60-25-11-23-50(6,40-20-17-36(47)52-40)41-28-31(44(54-41)48(3,4)37-18-21-39(49)53-37)27-34-42(55)32-14-7-8-15-33(32)43(34)56/h7-9,12-21,26-28,51-54H,10-11,22-25H2,1-6H3. The van der Waals surface area contributed by atoms with Gasteiger partial charge in [0.15, 0.2) is 11.6 Å². The smallest absolute Gasteiger partial charge is 0.338 e. The molecule has 10 rings (SSSR count). The van der Waals surface area contributed by atoms with E-state index in [1.807, 2.05) is 0 Å². The number of fused-ring (bicyclic) bond motifs is 9. The molecule has 2 unspecified atom stereocenters. The van der Waals surface area contributed by atoms with E-state index in [0.717, 1.165) is 51.1 Å². The summed E-state index contributed by atoms with van der Waals surface area (Å²) in [5, 5.41) is 0. The Morgan fingerprint density at radius 2 is 0.950 bits per heavy atom. The van der Waals surface area contributed by atoms with Crippen LogP contribution in [0.2, 0.25) is 0 Å². The van der Waals surface area contributed by atoms with Crippen molar-refractivity contribution in [3.8, 4) is 0 Å². The highest BCUT2D eigenvalue weighted by molar-refractivity contribution is 6.41. The lowest BCUT2D eigenvalue weighted by Gasteiger charge is -2.31. The van der Waals surface area contributed by atoms with Crippen molar-refractivity contribution in [2.24, 2.45) is 0 Å². The fraction of sp³-hybridized carbons (Fsp3) is 0.320. The van der Waals surface area contributed by atoms with E-state index in [1.165, 1.54) is 6.07 Å². The van der Waals surface area contributed by atoms with Gasteiger partial charge >= 0.3 is 11.9 Å². The Bertz CT molecular complexity index is 2710. The minimum atomic E-state index is -0.687. The zero-order valence-corrected chi connectivity index (χ0v) is 34.9. The Morgan fingerprint density at radius 3 is 1.45 bits per heavy atom. The molecular weight excluding hydrogens is 753 g/mol. The van der Waals surface area contributed by atoms with Gasteiger partial charge in [-0.1, -0.05) is 30.3 Å². The first-order valence-corrected chi connectivity index (χ1v) is 20.8. The molecule has 4 aromatic heterocycles. The minimum Gasteiger partial charge on any atom is -0.462 e. The molecule has 3 aliphatic heterocycles. The van der Waals surface area contributed by atoms with Gasteiger partial charge in [0, 0.05) is 78.3 Å². The van der Waals surface area contributed by atoms with Crippen molar-refractivity contribution in [2.75, 3.05) is 13.2 Å². The van der Waals surface area contributed by atoms with Crippen LogP contribution in [0.1, 0.15) is 160 Å². The van der Waals surface area contributed by atoms with Gasteiger partial charge in [0.25, 0.3) is 0 Å². The van der Waals surface area contributed by atoms with Gasteiger partial charge < -0.3 is 29.4 Å². The maximum absolute atomic E-state index is 13.8. The van der Waals surface area contributed by atoms with Crippen LogP contribution in [0.4, 0.5) is 0 Å². The third-order valence-corrected chi connectivity index (χ3v) is 13.6. The number of Topliss-reactive ketones (excluding diaryl/α,β-unsaturated/α-hetero) is 2. The summed E-state index contributed by atoms with van der Waals surface area (Å²) < 4.78 is 11.6. The van der Waals surface area contributed by atoms with E-state index in [-0.39, 0.29) is 41.5 Å². The highest BCUT2D eigenvalue weighted by Gasteiger charge is 2.41. The zero-order valence-electron chi connectivity index (χ0n) is 34.9. The van der Waals surface area contributed by atoms with Crippen molar-refractivity contribution in [3.05, 3.63) is 170 Å². The zero-order chi connectivity index (χ0) is 42.2. The van der Waals surface area contributed by atoms with Gasteiger partial charge in [-0.05, 0) is 140 Å². The van der Waals surface area contributed by atoms with Crippen LogP contribution in [0.5, 0.6) is 0 Å². The number of allylic oxidation sites excluding steroid dienone is 1. The minimum absolute atomic E-state index is 0.131. The summed E-state index contributed by atoms with van der Waals surface area (Å²) in [6, 6.07) is 28.4. The fourth-order valence-corrected chi connectivity index (χ4v) is 9.43. The number of H-pyrrole nitrogens is 4. The number of hydrogen-bond donors (Lipinski definition) is 4. The second-order valence-corrected chi connectivity index (χ2v) is 18.1. The lowest BCUT2D eigenvalue weighted by atomic mass is 9.79. The van der Waals surface area contributed by atoms with Gasteiger partial charge in [0.2, 0.25) is 0 Å². The Hall–Kier alpha value is -6.42. The van der Waals surface area contributed by atoms with Gasteiger partial charge in [0.1, 0.15) is 0 Å². The summed E-state index contributed by atoms with van der Waals surface area (Å²) in [6.07, 6.45) is 4.00. The first-order valence-electron chi connectivity index (χ1n) is 20.8. The fourth-order valence-electron chi connectivity index (χ4n) is 9.43. The summed E-state index contributed by atoms with van der Waals surface area (Å²) in [7, 11) is 0. The summed E-state index contributed by atoms with van der Waals surface area (Å²) in [5.74, 6) is -1.59. The van der Waals surface area contributed by atoms with Crippen LogP contribution in [-0.2, 0) is 31.1 Å². The maximum atomic E-state index is 13.8. The number of carbonyl (C=O) groups excluding carboxylic acids is 4. The number of benzene rings is 2. The van der Waals surface area contributed by atoms with Crippen molar-refractivity contribution in [1.29, 1.82) is 0 Å². The monoisotopic (exact) mass is 802 g/mol. The van der Waals surface area contributed by atoms with Gasteiger partial charge in [0.05, 0.1) is 29.9 Å². The molecule has 0 amide bonds. The molecule has 4 N–H and O–H groups in total. The maximum Gasteiger partial charge on any atom is 0.338 e. The molecule has 0 saturated heterocycles. The Morgan fingerprint density at radius 1 is 0.500 bits per heavy atom. The van der Waals surface area contributed by atoms with Gasteiger partial charge in [-0.15, -0.1) is 0 Å². The Kier molecular flexibility index (Phi) is 9.18. The van der Waals surface area contributed by atoms with Crippen LogP contribution in [0, 0.1) is 0 Å². The van der Waals surface area contributed by atoms with E-state index < -0.39 is 33.6 Å². The number of aromatic nitrogens is 4. The number of aromatic amines is 4. The molecule has 12 bridgehead atoms. The summed E-state index contributed by atoms with van der Waals surface area (Å²) in [4.78, 5) is 69.7. The van der Waals surface area contributed by atoms with Crippen molar-refractivity contribution < 1.29 is 28.7 Å². The number of esters is 2. The highest BCUT2D eigenvalue weighted by Crippen LogP contribution is 2.45. The number of ether oxygens (including phenoxy) is 2. The normalized spacial score (nSPS) is 22.5. The quantitative estimate of drug-likeness (QED) is 0.0739. The average Bonchev–Trinajstić information content (AvgIpc) is 4.10. The molecule has 0 saturated carbocycles. The highest BCUT2D eigenvalue weighted by atomic mass is 16.5. The number of ketones is 2. The third-order valence-electron chi connectivity index (χ3n) is 13.6. The molecule has 6 aromatic rings. The summed E-state index contributed by atoms with van der Waals surface area (Å²) in [6.45, 7) is 13.3. The van der Waals surface area contributed by atoms with E-state index in [9.17, 15) is 19.2 Å². The Balaban J connectivity index is 1.26. The molecule has 4 aliphatic rings. The lowest BCUT2D eigenvalue weighted by molar-refractivity contribution is 0.0491. The van der Waals surface area contributed by atoms with Crippen molar-refractivity contribution in [2.45, 2.75) is 88.9 Å². The van der Waals surface area contributed by atoms with Crippen LogP contribution in [0.25, 0.3) is 6.08 Å². The molecule has 2 atom stereocenters. The van der Waals surface area contributed by atoms with Crippen LogP contribution in [-0.4, -0.2) is 56.7 Å². The second kappa shape index (κ2) is 14.1. The third kappa shape index (κ3) is 6.23. The molecule has 60 heavy (non-hydrogen) atoms. The second-order valence-electron chi connectivity index (χ2n) is 18.1. The number of carbonyl (C=O) groups is 4. The first kappa shape index (κ1) is 39.1. The van der Waals surface area contributed by atoms with E-state index >= 15 is 0 Å². The molecular formula is C50H50N4O6. The number of hydrogen-bond acceptors (Lipinski definition) is 6. The molecule has 1 aliphatic carbocycles. The van der Waals surface area contributed by atoms with Crippen LogP contribution < -0.4 is 0 Å². The number of rotatable bonds is 1. The molecule has 0 fully saturated rings. The van der Waals surface area contributed by atoms with Crippen molar-refractivity contribution >= 4 is 29.6 Å². The number of nitrogens with one attached hydrogen (secondary N) is 4. The molecule has 0 radical (unpaired) electrons. The molecule has 10 heteroatoms. The molecule has 306 valence electrons. The van der Waals surface area contributed by atoms with Crippen LogP contribution in [0.15, 0.2) is 96.6 Å². The topological polar surface area (TPSA) is 150 Å². The first-order chi connectivity index (χ1) is 28.6. The van der Waals surface area contributed by atoms with Gasteiger partial charge in [-0.2, -0.15) is 0 Å². The largest absolute Gasteiger partial charge is 0.462 e. The molecule has 7 heterocycles. The summed E-state index contributed by atoms with van der Waals surface area (Å²) in [5.41, 5.74) is 7.54. The summed E-state index contributed by atoms with van der Waals surface area (Å²) >= 11 is 0. The van der Waals surface area contributed by atoms with Crippen molar-refractivity contribution in [3.63, 3.8) is 0 Å². The van der Waals surface area contributed by atoms with E-state index in [2.05, 4.69) is 104 Å². The van der Waals surface area contributed by atoms with Gasteiger partial charge in [-0.3, -0.25) is 9.59 Å². The average molecular weight is 803 g/mol. The van der Waals surface area contributed by atoms with E-state index in [4.69, 9.17) is 9.47 Å². The predicted octanol–water partition coefficient (Wildman–Crippen LogP) is 9.63.